The molecule has 0 aliphatic heterocycles. The second-order valence-electron chi connectivity index (χ2n) is 3.74. The molecule has 1 rings (SSSR count). The maximum Gasteiger partial charge on any atom is 0.394 e. The smallest absolute Gasteiger partial charge is 0.171 e. The Hall–Kier alpha value is -0.470. The Morgan fingerprint density at radius 3 is 2.17 bits per heavy atom. The van der Waals surface area contributed by atoms with Crippen molar-refractivity contribution in [2.75, 3.05) is 0 Å². The summed E-state index contributed by atoms with van der Waals surface area (Å²) >= 11 is 0. The highest BCUT2D eigenvalue weighted by molar-refractivity contribution is 5.02. The fraction of sp³-hybridized carbons (Fsp3) is 0.778. The molecule has 3 heteroatoms. The predicted molar refractivity (Wildman–Crippen MR) is 41.8 cm³/mol. The second kappa shape index (κ2) is 2.79. The van der Waals surface area contributed by atoms with Crippen molar-refractivity contribution < 1.29 is 13.2 Å². The molecule has 0 aromatic carbocycles. The topological polar surface area (TPSA) is 0 Å². The van der Waals surface area contributed by atoms with Crippen LogP contribution in [-0.4, -0.2) is 6.18 Å². The van der Waals surface area contributed by atoms with Crippen LogP contribution in [0.1, 0.15) is 32.6 Å². The molecule has 1 aliphatic carbocycles. The van der Waals surface area contributed by atoms with Crippen molar-refractivity contribution in [3.05, 3.63) is 12.2 Å². The summed E-state index contributed by atoms with van der Waals surface area (Å²) < 4.78 is 36.9. The van der Waals surface area contributed by atoms with Gasteiger partial charge < -0.3 is 0 Å². The molecule has 0 bridgehead atoms. The van der Waals surface area contributed by atoms with Crippen LogP contribution >= 0.6 is 0 Å². The quantitative estimate of drug-likeness (QED) is 0.578. The highest BCUT2D eigenvalue weighted by Crippen LogP contribution is 2.60. The van der Waals surface area contributed by atoms with Gasteiger partial charge in [0.05, 0.1) is 5.41 Å². The van der Waals surface area contributed by atoms with Crippen LogP contribution in [0.15, 0.2) is 12.2 Å². The van der Waals surface area contributed by atoms with Gasteiger partial charge in [-0.1, -0.05) is 5.57 Å². The molecule has 0 unspecified atom stereocenters. The average molecular weight is 178 g/mol. The standard InChI is InChI=1S/C9H13F3/c1-7(2)3-4-8(5-6-8)9(10,11)12/h1,3-6H2,2H3. The Kier molecular flexibility index (Phi) is 2.23. The average Bonchev–Trinajstić information content (AvgIpc) is 2.60. The van der Waals surface area contributed by atoms with Crippen molar-refractivity contribution in [2.45, 2.75) is 38.8 Å². The zero-order valence-electron chi connectivity index (χ0n) is 7.17. The van der Waals surface area contributed by atoms with Crippen LogP contribution in [0.3, 0.4) is 0 Å². The molecule has 1 fully saturated rings. The minimum Gasteiger partial charge on any atom is -0.171 e. The Morgan fingerprint density at radius 2 is 1.92 bits per heavy atom. The monoisotopic (exact) mass is 178 g/mol. The number of rotatable bonds is 3. The van der Waals surface area contributed by atoms with Gasteiger partial charge in [-0.3, -0.25) is 0 Å². The van der Waals surface area contributed by atoms with Gasteiger partial charge in [0.1, 0.15) is 0 Å². The van der Waals surface area contributed by atoms with E-state index in [1.165, 1.54) is 0 Å². The van der Waals surface area contributed by atoms with Gasteiger partial charge in [-0.15, -0.1) is 6.58 Å². The van der Waals surface area contributed by atoms with Crippen molar-refractivity contribution in [3.63, 3.8) is 0 Å². The summed E-state index contributed by atoms with van der Waals surface area (Å²) in [6, 6.07) is 0. The lowest BCUT2D eigenvalue weighted by molar-refractivity contribution is -0.188. The van der Waals surface area contributed by atoms with Gasteiger partial charge in [-0.05, 0) is 32.6 Å². The third-order valence-corrected chi connectivity index (χ3v) is 2.49. The van der Waals surface area contributed by atoms with Crippen LogP contribution in [0.4, 0.5) is 13.2 Å². The van der Waals surface area contributed by atoms with Gasteiger partial charge in [0, 0.05) is 0 Å². The molecule has 0 spiro atoms. The molecule has 70 valence electrons. The fourth-order valence-electron chi connectivity index (χ4n) is 1.28. The normalized spacial score (nSPS) is 20.7. The Labute approximate surface area is 70.5 Å². The lowest BCUT2D eigenvalue weighted by Crippen LogP contribution is -2.24. The largest absolute Gasteiger partial charge is 0.394 e. The first-order chi connectivity index (χ1) is 5.37. The molecule has 0 aromatic rings. The number of hydrogen-bond donors (Lipinski definition) is 0. The fourth-order valence-corrected chi connectivity index (χ4v) is 1.28. The summed E-state index contributed by atoms with van der Waals surface area (Å²) in [7, 11) is 0. The van der Waals surface area contributed by atoms with Crippen LogP contribution in [-0.2, 0) is 0 Å². The molecule has 0 N–H and O–H groups in total. The van der Waals surface area contributed by atoms with Crippen molar-refractivity contribution >= 4 is 0 Å². The Bertz CT molecular complexity index is 186. The highest BCUT2D eigenvalue weighted by Gasteiger charge is 2.62. The molecule has 0 radical (unpaired) electrons. The number of halogens is 3. The maximum atomic E-state index is 12.3. The molecule has 1 saturated carbocycles. The minimum absolute atomic E-state index is 0.228. The summed E-state index contributed by atoms with van der Waals surface area (Å²) in [6.07, 6.45) is -2.65. The van der Waals surface area contributed by atoms with E-state index in [4.69, 9.17) is 0 Å². The second-order valence-corrected chi connectivity index (χ2v) is 3.74. The first-order valence-electron chi connectivity index (χ1n) is 4.08. The van der Waals surface area contributed by atoms with E-state index >= 15 is 0 Å². The van der Waals surface area contributed by atoms with Crippen molar-refractivity contribution in [2.24, 2.45) is 5.41 Å². The lowest BCUT2D eigenvalue weighted by atomic mass is 9.97. The SMILES string of the molecule is C=C(C)CCC1(C(F)(F)F)CC1. The number of allylic oxidation sites excluding steroid dienone is 1. The van der Waals surface area contributed by atoms with Crippen LogP contribution < -0.4 is 0 Å². The van der Waals surface area contributed by atoms with E-state index in [1.54, 1.807) is 6.92 Å². The Morgan fingerprint density at radius 1 is 1.42 bits per heavy atom. The van der Waals surface area contributed by atoms with E-state index < -0.39 is 11.6 Å². The summed E-state index contributed by atoms with van der Waals surface area (Å²) in [5.74, 6) is 0. The third-order valence-electron chi connectivity index (χ3n) is 2.49. The molecule has 0 saturated heterocycles. The van der Waals surface area contributed by atoms with Crippen molar-refractivity contribution in [1.82, 2.24) is 0 Å². The summed E-state index contributed by atoms with van der Waals surface area (Å²) in [5.41, 5.74) is -0.503. The van der Waals surface area contributed by atoms with Crippen LogP contribution in [0.25, 0.3) is 0 Å². The van der Waals surface area contributed by atoms with Crippen molar-refractivity contribution in [1.29, 1.82) is 0 Å². The molecular formula is C9H13F3. The molecule has 0 atom stereocenters. The maximum absolute atomic E-state index is 12.3. The van der Waals surface area contributed by atoms with Crippen molar-refractivity contribution in [3.8, 4) is 0 Å². The van der Waals surface area contributed by atoms with E-state index in [-0.39, 0.29) is 6.42 Å². The summed E-state index contributed by atoms with van der Waals surface area (Å²) in [6.45, 7) is 5.37. The molecular weight excluding hydrogens is 165 g/mol. The van der Waals surface area contributed by atoms with E-state index in [9.17, 15) is 13.2 Å². The van der Waals surface area contributed by atoms with E-state index in [1.807, 2.05) is 0 Å². The van der Waals surface area contributed by atoms with E-state index in [0.717, 1.165) is 5.57 Å². The predicted octanol–water partition coefficient (Wildman–Crippen LogP) is 3.69. The van der Waals surface area contributed by atoms with Crippen LogP contribution in [0, 0.1) is 5.41 Å². The Balaban J connectivity index is 2.46. The molecule has 0 aromatic heterocycles. The summed E-state index contributed by atoms with van der Waals surface area (Å²) in [5, 5.41) is 0. The van der Waals surface area contributed by atoms with Gasteiger partial charge in [0.15, 0.2) is 0 Å². The molecule has 1 aliphatic rings. The van der Waals surface area contributed by atoms with Gasteiger partial charge >= 0.3 is 6.18 Å². The van der Waals surface area contributed by atoms with Gasteiger partial charge in [-0.2, -0.15) is 13.2 Å². The minimum atomic E-state index is -4.00. The molecule has 0 heterocycles. The van der Waals surface area contributed by atoms with Gasteiger partial charge in [-0.25, -0.2) is 0 Å². The number of hydrogen-bond acceptors (Lipinski definition) is 0. The van der Waals surface area contributed by atoms with Gasteiger partial charge in [0.25, 0.3) is 0 Å². The van der Waals surface area contributed by atoms with Crippen LogP contribution in [0.5, 0.6) is 0 Å². The van der Waals surface area contributed by atoms with Gasteiger partial charge in [0.2, 0.25) is 0 Å². The zero-order chi connectivity index (χ0) is 9.41. The van der Waals surface area contributed by atoms with E-state index in [0.29, 0.717) is 19.3 Å². The van der Waals surface area contributed by atoms with Crippen LogP contribution in [0.2, 0.25) is 0 Å². The zero-order valence-corrected chi connectivity index (χ0v) is 7.17. The molecule has 0 amide bonds. The first-order valence-corrected chi connectivity index (χ1v) is 4.08. The lowest BCUT2D eigenvalue weighted by Gasteiger charge is -2.18. The van der Waals surface area contributed by atoms with E-state index in [2.05, 4.69) is 6.58 Å². The first kappa shape index (κ1) is 9.62. The summed E-state index contributed by atoms with van der Waals surface area (Å²) in [4.78, 5) is 0. The molecule has 0 nitrogen and oxygen atoms in total. The highest BCUT2D eigenvalue weighted by atomic mass is 19.4. The third kappa shape index (κ3) is 1.82. The number of alkyl halides is 3. The molecule has 12 heavy (non-hydrogen) atoms.